The van der Waals surface area contributed by atoms with Gasteiger partial charge in [-0.05, 0) is 12.1 Å². The highest BCUT2D eigenvalue weighted by molar-refractivity contribution is 5.91. The van der Waals surface area contributed by atoms with Crippen LogP contribution in [0.4, 0.5) is 0 Å². The van der Waals surface area contributed by atoms with Crippen molar-refractivity contribution in [3.05, 3.63) is 17.7 Å². The molecule has 0 saturated carbocycles. The quantitative estimate of drug-likeness (QED) is 0.302. The van der Waals surface area contributed by atoms with Gasteiger partial charge in [-0.15, -0.1) is 0 Å². The monoisotopic (exact) mass is 542 g/mol. The van der Waals surface area contributed by atoms with E-state index in [-0.39, 0.29) is 22.8 Å². The Morgan fingerprint density at radius 1 is 0.737 bits per heavy atom. The highest BCUT2D eigenvalue weighted by atomic mass is 16.7. The summed E-state index contributed by atoms with van der Waals surface area (Å²) in [6, 6.07) is 2.63. The number of carbonyl (C=O) groups excluding carboxylic acids is 5. The van der Waals surface area contributed by atoms with Gasteiger partial charge in [0.15, 0.2) is 23.7 Å². The SMILES string of the molecule is COC(=O)c1cc(OC)c(O[C@@H]2O[C@H](COC(C)=O)[C@@H](OC(C)=O)[C@@H](OC(C)=O)[C@H]2OC(C)=O)c(OC)c1. The lowest BCUT2D eigenvalue weighted by Crippen LogP contribution is -2.63. The Morgan fingerprint density at radius 3 is 1.68 bits per heavy atom. The molecule has 0 spiro atoms. The van der Waals surface area contributed by atoms with Crippen molar-refractivity contribution in [2.24, 2.45) is 0 Å². The van der Waals surface area contributed by atoms with Crippen molar-refractivity contribution in [1.82, 2.24) is 0 Å². The van der Waals surface area contributed by atoms with Crippen LogP contribution in [0.3, 0.4) is 0 Å². The minimum Gasteiger partial charge on any atom is -0.493 e. The first-order valence-electron chi connectivity index (χ1n) is 11.2. The molecule has 5 atom stereocenters. The number of benzene rings is 1. The molecule has 38 heavy (non-hydrogen) atoms. The van der Waals surface area contributed by atoms with E-state index in [9.17, 15) is 24.0 Å². The molecule has 0 aliphatic carbocycles. The summed E-state index contributed by atoms with van der Waals surface area (Å²) in [5, 5.41) is 0. The van der Waals surface area contributed by atoms with Crippen LogP contribution >= 0.6 is 0 Å². The van der Waals surface area contributed by atoms with E-state index in [1.54, 1.807) is 0 Å². The number of rotatable bonds is 10. The molecule has 1 aliphatic heterocycles. The average Bonchev–Trinajstić information content (AvgIpc) is 2.84. The van der Waals surface area contributed by atoms with Crippen LogP contribution in [0.2, 0.25) is 0 Å². The molecule has 210 valence electrons. The van der Waals surface area contributed by atoms with Crippen molar-refractivity contribution in [2.45, 2.75) is 58.4 Å². The van der Waals surface area contributed by atoms with Crippen LogP contribution in [-0.4, -0.2) is 88.5 Å². The number of ether oxygens (including phenoxy) is 9. The molecule has 1 saturated heterocycles. The first kappa shape index (κ1) is 30.2. The van der Waals surface area contributed by atoms with Crippen molar-refractivity contribution in [3.63, 3.8) is 0 Å². The fourth-order valence-corrected chi connectivity index (χ4v) is 3.63. The van der Waals surface area contributed by atoms with Crippen LogP contribution in [0.15, 0.2) is 12.1 Å². The van der Waals surface area contributed by atoms with E-state index in [4.69, 9.17) is 42.6 Å². The first-order valence-corrected chi connectivity index (χ1v) is 11.2. The van der Waals surface area contributed by atoms with E-state index < -0.39 is 67.2 Å². The fraction of sp³-hybridized carbons (Fsp3) is 0.542. The smallest absolute Gasteiger partial charge is 0.338 e. The van der Waals surface area contributed by atoms with Crippen LogP contribution in [0.1, 0.15) is 38.1 Å². The molecule has 0 amide bonds. The van der Waals surface area contributed by atoms with E-state index in [2.05, 4.69) is 0 Å². The van der Waals surface area contributed by atoms with Gasteiger partial charge >= 0.3 is 29.8 Å². The third-order valence-corrected chi connectivity index (χ3v) is 5.06. The second-order valence-corrected chi connectivity index (χ2v) is 7.89. The molecular formula is C24H30O14. The Hall–Kier alpha value is -4.07. The van der Waals surface area contributed by atoms with E-state index in [1.165, 1.54) is 33.5 Å². The number of hydrogen-bond acceptors (Lipinski definition) is 14. The van der Waals surface area contributed by atoms with Gasteiger partial charge in [-0.3, -0.25) is 19.2 Å². The van der Waals surface area contributed by atoms with E-state index in [0.717, 1.165) is 27.7 Å². The van der Waals surface area contributed by atoms with Crippen LogP contribution in [0.5, 0.6) is 17.2 Å². The molecule has 1 heterocycles. The van der Waals surface area contributed by atoms with Crippen LogP contribution < -0.4 is 14.2 Å². The Kier molecular flexibility index (Phi) is 10.7. The van der Waals surface area contributed by atoms with E-state index in [1.807, 2.05) is 0 Å². The second kappa shape index (κ2) is 13.5. The molecule has 14 nitrogen and oxygen atoms in total. The third kappa shape index (κ3) is 7.71. The van der Waals surface area contributed by atoms with Gasteiger partial charge in [-0.25, -0.2) is 4.79 Å². The zero-order valence-corrected chi connectivity index (χ0v) is 22.0. The predicted molar refractivity (Wildman–Crippen MR) is 123 cm³/mol. The van der Waals surface area contributed by atoms with E-state index >= 15 is 0 Å². The summed E-state index contributed by atoms with van der Waals surface area (Å²) in [5.74, 6) is -3.77. The summed E-state index contributed by atoms with van der Waals surface area (Å²) in [4.78, 5) is 59.4. The fourth-order valence-electron chi connectivity index (χ4n) is 3.63. The standard InChI is InChI=1S/C24H30O14/c1-11(25)33-10-18-20(34-12(2)26)21(35-13(3)27)22(36-14(4)28)24(37-18)38-19-16(30-5)8-15(23(29)32-7)9-17(19)31-6/h8-9,18,20-22,24H,10H2,1-7H3/t18-,20-,21-,22-,24+/m1/s1. The lowest BCUT2D eigenvalue weighted by molar-refractivity contribution is -0.288. The van der Waals surface area contributed by atoms with Gasteiger partial charge in [0.2, 0.25) is 18.1 Å². The summed E-state index contributed by atoms with van der Waals surface area (Å²) in [6.07, 6.45) is -7.04. The average molecular weight is 542 g/mol. The Bertz CT molecular complexity index is 1030. The van der Waals surface area contributed by atoms with Crippen LogP contribution in [-0.2, 0) is 47.6 Å². The molecule has 0 unspecified atom stereocenters. The molecular weight excluding hydrogens is 512 g/mol. The van der Waals surface area contributed by atoms with Gasteiger partial charge in [0, 0.05) is 27.7 Å². The highest BCUT2D eigenvalue weighted by Crippen LogP contribution is 2.41. The lowest BCUT2D eigenvalue weighted by atomic mass is 9.98. The summed E-state index contributed by atoms with van der Waals surface area (Å²) >= 11 is 0. The van der Waals surface area contributed by atoms with Gasteiger partial charge in [0.1, 0.15) is 12.7 Å². The van der Waals surface area contributed by atoms with Crippen molar-refractivity contribution in [3.8, 4) is 17.2 Å². The van der Waals surface area contributed by atoms with Crippen molar-refractivity contribution in [2.75, 3.05) is 27.9 Å². The van der Waals surface area contributed by atoms with Gasteiger partial charge in [-0.1, -0.05) is 0 Å². The number of esters is 5. The van der Waals surface area contributed by atoms with Gasteiger partial charge in [0.25, 0.3) is 0 Å². The van der Waals surface area contributed by atoms with Crippen molar-refractivity contribution < 1.29 is 66.6 Å². The summed E-state index contributed by atoms with van der Waals surface area (Å²) in [5.41, 5.74) is 0.0788. The van der Waals surface area contributed by atoms with Crippen LogP contribution in [0, 0.1) is 0 Å². The normalized spacial score (nSPS) is 22.3. The molecule has 1 aliphatic rings. The molecule has 2 rings (SSSR count). The zero-order valence-electron chi connectivity index (χ0n) is 22.0. The highest BCUT2D eigenvalue weighted by Gasteiger charge is 2.53. The topological polar surface area (TPSA) is 168 Å². The minimum absolute atomic E-state index is 0.0117. The van der Waals surface area contributed by atoms with E-state index in [0.29, 0.717) is 0 Å². The Balaban J connectivity index is 2.63. The molecule has 14 heteroatoms. The summed E-state index contributed by atoms with van der Waals surface area (Å²) < 4.78 is 48.5. The zero-order chi connectivity index (χ0) is 28.6. The van der Waals surface area contributed by atoms with Crippen LogP contribution in [0.25, 0.3) is 0 Å². The first-order chi connectivity index (χ1) is 17.9. The molecule has 0 N–H and O–H groups in total. The van der Waals surface area contributed by atoms with Gasteiger partial charge in [0.05, 0.1) is 26.9 Å². The number of methoxy groups -OCH3 is 3. The molecule has 1 aromatic rings. The van der Waals surface area contributed by atoms with Gasteiger partial charge < -0.3 is 42.6 Å². The van der Waals surface area contributed by atoms with Crippen molar-refractivity contribution in [1.29, 1.82) is 0 Å². The maximum absolute atomic E-state index is 12.1. The Labute approximate surface area is 218 Å². The maximum atomic E-state index is 12.1. The largest absolute Gasteiger partial charge is 0.493 e. The molecule has 0 bridgehead atoms. The van der Waals surface area contributed by atoms with Crippen molar-refractivity contribution >= 4 is 29.8 Å². The molecule has 0 aromatic heterocycles. The maximum Gasteiger partial charge on any atom is 0.338 e. The minimum atomic E-state index is -1.54. The number of carbonyl (C=O) groups is 5. The Morgan fingerprint density at radius 2 is 1.24 bits per heavy atom. The predicted octanol–water partition coefficient (Wildman–Crippen LogP) is 0.952. The molecule has 1 aromatic carbocycles. The summed E-state index contributed by atoms with van der Waals surface area (Å²) in [6.45, 7) is 4.02. The third-order valence-electron chi connectivity index (χ3n) is 5.06. The number of hydrogen-bond donors (Lipinski definition) is 0. The summed E-state index contributed by atoms with van der Waals surface area (Å²) in [7, 11) is 3.80. The molecule has 0 radical (unpaired) electrons. The second-order valence-electron chi connectivity index (χ2n) is 7.89. The lowest BCUT2D eigenvalue weighted by Gasteiger charge is -2.44. The molecule has 1 fully saturated rings. The van der Waals surface area contributed by atoms with Gasteiger partial charge in [-0.2, -0.15) is 0 Å².